The van der Waals surface area contributed by atoms with E-state index in [4.69, 9.17) is 4.74 Å². The average molecular weight is 240 g/mol. The van der Waals surface area contributed by atoms with E-state index in [-0.39, 0.29) is 24.0 Å². The van der Waals surface area contributed by atoms with E-state index in [0.717, 1.165) is 25.9 Å². The predicted octanol–water partition coefficient (Wildman–Crippen LogP) is 0.148. The van der Waals surface area contributed by atoms with Crippen LogP contribution < -0.4 is 5.32 Å². The largest absolute Gasteiger partial charge is 0.465 e. The van der Waals surface area contributed by atoms with Crippen LogP contribution in [0, 0.1) is 5.92 Å². The summed E-state index contributed by atoms with van der Waals surface area (Å²) >= 11 is 0. The zero-order valence-corrected chi connectivity index (χ0v) is 10.4. The van der Waals surface area contributed by atoms with Gasteiger partial charge in [-0.15, -0.1) is 0 Å². The number of fused-ring (bicyclic) bond motifs is 1. The first-order chi connectivity index (χ1) is 8.11. The molecule has 2 saturated heterocycles. The molecule has 96 valence electrons. The number of rotatable bonds is 2. The van der Waals surface area contributed by atoms with Crippen LogP contribution in [0.3, 0.4) is 0 Å². The molecule has 17 heavy (non-hydrogen) atoms. The Kier molecular flexibility index (Phi) is 3.66. The molecule has 0 aromatic heterocycles. The summed E-state index contributed by atoms with van der Waals surface area (Å²) in [7, 11) is 0. The summed E-state index contributed by atoms with van der Waals surface area (Å²) in [5.74, 6) is 0.459. The molecule has 5 heteroatoms. The van der Waals surface area contributed by atoms with Crippen LogP contribution in [0.1, 0.15) is 26.7 Å². The summed E-state index contributed by atoms with van der Waals surface area (Å²) in [6, 6.07) is 0.0684. The van der Waals surface area contributed by atoms with Gasteiger partial charge in [-0.3, -0.25) is 14.9 Å². The van der Waals surface area contributed by atoms with Crippen molar-refractivity contribution in [1.82, 2.24) is 10.2 Å². The van der Waals surface area contributed by atoms with Crippen molar-refractivity contribution >= 4 is 11.9 Å². The minimum atomic E-state index is -0.183. The second kappa shape index (κ2) is 5.04. The summed E-state index contributed by atoms with van der Waals surface area (Å²) in [5, 5.41) is 3.29. The van der Waals surface area contributed by atoms with Crippen molar-refractivity contribution in [2.45, 2.75) is 38.8 Å². The molecule has 3 atom stereocenters. The van der Waals surface area contributed by atoms with Gasteiger partial charge in [0, 0.05) is 26.1 Å². The van der Waals surface area contributed by atoms with Crippen molar-refractivity contribution in [3.8, 4) is 0 Å². The molecule has 0 saturated carbocycles. The van der Waals surface area contributed by atoms with Crippen LogP contribution >= 0.6 is 0 Å². The molecule has 2 rings (SSSR count). The van der Waals surface area contributed by atoms with Gasteiger partial charge in [0.25, 0.3) is 0 Å². The van der Waals surface area contributed by atoms with E-state index in [1.165, 1.54) is 0 Å². The molecule has 2 fully saturated rings. The number of ether oxygens (including phenoxy) is 1. The Morgan fingerprint density at radius 3 is 2.88 bits per heavy atom. The third kappa shape index (κ3) is 2.60. The molecule has 2 aliphatic heterocycles. The van der Waals surface area contributed by atoms with Crippen LogP contribution in [0.25, 0.3) is 0 Å². The molecule has 1 amide bonds. The Bertz CT molecular complexity index is 319. The van der Waals surface area contributed by atoms with E-state index >= 15 is 0 Å². The fourth-order valence-electron chi connectivity index (χ4n) is 2.79. The summed E-state index contributed by atoms with van der Waals surface area (Å²) in [6.45, 7) is 5.37. The number of hydrogen-bond donors (Lipinski definition) is 1. The molecule has 0 radical (unpaired) electrons. The summed E-state index contributed by atoms with van der Waals surface area (Å²) < 4.78 is 5.02. The van der Waals surface area contributed by atoms with Crippen LogP contribution in [0.15, 0.2) is 0 Å². The predicted molar refractivity (Wildman–Crippen MR) is 62.3 cm³/mol. The maximum Gasteiger partial charge on any atom is 0.323 e. The molecule has 0 unspecified atom stereocenters. The van der Waals surface area contributed by atoms with E-state index in [0.29, 0.717) is 12.5 Å². The number of hydrogen-bond acceptors (Lipinski definition) is 4. The van der Waals surface area contributed by atoms with Gasteiger partial charge in [-0.05, 0) is 25.7 Å². The van der Waals surface area contributed by atoms with E-state index < -0.39 is 0 Å². The Morgan fingerprint density at radius 1 is 1.47 bits per heavy atom. The van der Waals surface area contributed by atoms with Gasteiger partial charge < -0.3 is 9.64 Å². The number of esters is 1. The lowest BCUT2D eigenvalue weighted by Crippen LogP contribution is -2.49. The van der Waals surface area contributed by atoms with Gasteiger partial charge in [0.1, 0.15) is 6.04 Å². The van der Waals surface area contributed by atoms with Crippen LogP contribution in [-0.2, 0) is 14.3 Å². The number of amides is 1. The number of likely N-dealkylation sites (tertiary alicyclic amines) is 1. The second-order valence-electron chi connectivity index (χ2n) is 4.83. The fraction of sp³-hybridized carbons (Fsp3) is 0.833. The van der Waals surface area contributed by atoms with Gasteiger partial charge in [-0.25, -0.2) is 0 Å². The standard InChI is InChI=1S/C12H20N2O3/c1-3-17-12(16)10-6-9-4-5-14(8(2)15)7-11(9)13-10/h9-11,13H,3-7H2,1-2H3/t9-,10-,11+/m0/s1. The van der Waals surface area contributed by atoms with Gasteiger partial charge in [-0.1, -0.05) is 0 Å². The fourth-order valence-corrected chi connectivity index (χ4v) is 2.79. The molecule has 0 aromatic rings. The summed E-state index contributed by atoms with van der Waals surface area (Å²) in [4.78, 5) is 24.8. The average Bonchev–Trinajstić information content (AvgIpc) is 2.71. The van der Waals surface area contributed by atoms with Crippen LogP contribution in [0.2, 0.25) is 0 Å². The molecule has 0 aromatic carbocycles. The van der Waals surface area contributed by atoms with Crippen LogP contribution in [0.5, 0.6) is 0 Å². The zero-order valence-electron chi connectivity index (χ0n) is 10.4. The minimum absolute atomic E-state index is 0.116. The van der Waals surface area contributed by atoms with Gasteiger partial charge >= 0.3 is 5.97 Å². The lowest BCUT2D eigenvalue weighted by Gasteiger charge is -2.34. The van der Waals surface area contributed by atoms with E-state index in [1.54, 1.807) is 6.92 Å². The topological polar surface area (TPSA) is 58.6 Å². The highest BCUT2D eigenvalue weighted by Gasteiger charge is 2.41. The molecular formula is C12H20N2O3. The zero-order chi connectivity index (χ0) is 12.4. The lowest BCUT2D eigenvalue weighted by atomic mass is 9.91. The Labute approximate surface area is 101 Å². The summed E-state index contributed by atoms with van der Waals surface area (Å²) in [5.41, 5.74) is 0. The number of carbonyl (C=O) groups is 2. The smallest absolute Gasteiger partial charge is 0.323 e. The normalized spacial score (nSPS) is 32.1. The first kappa shape index (κ1) is 12.4. The third-order valence-corrected chi connectivity index (χ3v) is 3.73. The maximum atomic E-state index is 11.6. The highest BCUT2D eigenvalue weighted by Crippen LogP contribution is 2.29. The highest BCUT2D eigenvalue weighted by molar-refractivity contribution is 5.76. The third-order valence-electron chi connectivity index (χ3n) is 3.73. The van der Waals surface area contributed by atoms with Crippen molar-refractivity contribution in [1.29, 1.82) is 0 Å². The molecule has 5 nitrogen and oxygen atoms in total. The SMILES string of the molecule is CCOC(=O)[C@@H]1C[C@@H]2CCN(C(C)=O)C[C@H]2N1. The van der Waals surface area contributed by atoms with Crippen molar-refractivity contribution in [2.75, 3.05) is 19.7 Å². The minimum Gasteiger partial charge on any atom is -0.465 e. The monoisotopic (exact) mass is 240 g/mol. The highest BCUT2D eigenvalue weighted by atomic mass is 16.5. The molecule has 2 heterocycles. The number of piperidine rings is 1. The van der Waals surface area contributed by atoms with Crippen molar-refractivity contribution in [2.24, 2.45) is 5.92 Å². The number of carbonyl (C=O) groups excluding carboxylic acids is 2. The van der Waals surface area contributed by atoms with E-state index in [9.17, 15) is 9.59 Å². The van der Waals surface area contributed by atoms with Crippen LogP contribution in [-0.4, -0.2) is 48.6 Å². The maximum absolute atomic E-state index is 11.6. The van der Waals surface area contributed by atoms with Gasteiger partial charge in [0.15, 0.2) is 0 Å². The Hall–Kier alpha value is -1.10. The molecule has 0 spiro atoms. The quantitative estimate of drug-likeness (QED) is 0.698. The Balaban J connectivity index is 1.92. The van der Waals surface area contributed by atoms with Crippen LogP contribution in [0.4, 0.5) is 0 Å². The molecule has 1 N–H and O–H groups in total. The van der Waals surface area contributed by atoms with Crippen molar-refractivity contribution in [3.63, 3.8) is 0 Å². The molecule has 2 aliphatic rings. The number of nitrogens with one attached hydrogen (secondary N) is 1. The lowest BCUT2D eigenvalue weighted by molar-refractivity contribution is -0.145. The molecular weight excluding hydrogens is 220 g/mol. The number of nitrogens with zero attached hydrogens (tertiary/aromatic N) is 1. The molecule has 0 bridgehead atoms. The Morgan fingerprint density at radius 2 is 2.24 bits per heavy atom. The van der Waals surface area contributed by atoms with Gasteiger partial charge in [0.2, 0.25) is 5.91 Å². The first-order valence-corrected chi connectivity index (χ1v) is 6.30. The van der Waals surface area contributed by atoms with Gasteiger partial charge in [-0.2, -0.15) is 0 Å². The van der Waals surface area contributed by atoms with Crippen molar-refractivity contribution < 1.29 is 14.3 Å². The first-order valence-electron chi connectivity index (χ1n) is 6.30. The van der Waals surface area contributed by atoms with Crippen molar-refractivity contribution in [3.05, 3.63) is 0 Å². The van der Waals surface area contributed by atoms with E-state index in [1.807, 2.05) is 11.8 Å². The summed E-state index contributed by atoms with van der Waals surface area (Å²) in [6.07, 6.45) is 1.82. The second-order valence-corrected chi connectivity index (χ2v) is 4.83. The molecule has 0 aliphatic carbocycles. The van der Waals surface area contributed by atoms with E-state index in [2.05, 4.69) is 5.32 Å². The van der Waals surface area contributed by atoms with Gasteiger partial charge in [0.05, 0.1) is 6.61 Å².